The summed E-state index contributed by atoms with van der Waals surface area (Å²) in [4.78, 5) is 15.7. The summed E-state index contributed by atoms with van der Waals surface area (Å²) in [7, 11) is 4.05. The molecule has 0 radical (unpaired) electrons. The SMILES string of the molecule is CCOC(=O)c1c(CSc2ccccc2)n(-c2ccccc2)c2cc(Br)c(O)c(C[NH+](C)C)c12.[Cl-]. The fourth-order valence-corrected chi connectivity index (χ4v) is 5.54. The molecule has 0 aliphatic carbocycles. The number of halogens is 2. The van der Waals surface area contributed by atoms with Gasteiger partial charge in [-0.25, -0.2) is 4.79 Å². The fourth-order valence-electron chi connectivity index (χ4n) is 4.16. The van der Waals surface area contributed by atoms with Crippen molar-refractivity contribution in [1.82, 2.24) is 4.57 Å². The third-order valence-corrected chi connectivity index (χ3v) is 7.15. The third-order valence-electron chi connectivity index (χ3n) is 5.53. The molecule has 1 heterocycles. The zero-order valence-corrected chi connectivity index (χ0v) is 23.0. The number of hydrogen-bond acceptors (Lipinski definition) is 4. The second kappa shape index (κ2) is 12.0. The number of esters is 1. The second-order valence-electron chi connectivity index (χ2n) is 8.28. The van der Waals surface area contributed by atoms with E-state index < -0.39 is 0 Å². The molecule has 0 amide bonds. The Morgan fingerprint density at radius 2 is 1.71 bits per heavy atom. The van der Waals surface area contributed by atoms with Gasteiger partial charge >= 0.3 is 5.97 Å². The van der Waals surface area contributed by atoms with Crippen LogP contribution in [0.5, 0.6) is 5.75 Å². The van der Waals surface area contributed by atoms with E-state index in [2.05, 4.69) is 32.6 Å². The smallest absolute Gasteiger partial charge is 0.340 e. The van der Waals surface area contributed by atoms with Crippen LogP contribution >= 0.6 is 27.7 Å². The molecular weight excluding hydrogens is 548 g/mol. The lowest BCUT2D eigenvalue weighted by atomic mass is 10.0. The molecule has 35 heavy (non-hydrogen) atoms. The van der Waals surface area contributed by atoms with Gasteiger partial charge in [-0.1, -0.05) is 36.4 Å². The van der Waals surface area contributed by atoms with E-state index in [1.807, 2.05) is 75.6 Å². The molecule has 0 aliphatic rings. The van der Waals surface area contributed by atoms with E-state index in [9.17, 15) is 9.90 Å². The molecule has 3 aromatic carbocycles. The Labute approximate surface area is 224 Å². The van der Waals surface area contributed by atoms with Crippen molar-refractivity contribution < 1.29 is 31.9 Å². The summed E-state index contributed by atoms with van der Waals surface area (Å²) in [6.07, 6.45) is 0. The van der Waals surface area contributed by atoms with E-state index in [0.717, 1.165) is 37.6 Å². The first kappa shape index (κ1) is 27.1. The molecule has 0 bridgehead atoms. The quantitative estimate of drug-likeness (QED) is 0.250. The largest absolute Gasteiger partial charge is 1.00 e. The Bertz CT molecular complexity index is 1310. The number of ether oxygens (including phenoxy) is 1. The summed E-state index contributed by atoms with van der Waals surface area (Å²) in [5.74, 6) is 0.350. The minimum absolute atomic E-state index is 0. The molecule has 0 spiro atoms. The number of para-hydroxylation sites is 1. The normalized spacial score (nSPS) is 11.0. The summed E-state index contributed by atoms with van der Waals surface area (Å²) in [6.45, 7) is 2.64. The highest BCUT2D eigenvalue weighted by Gasteiger charge is 2.29. The minimum atomic E-state index is -0.373. The first-order chi connectivity index (χ1) is 16.4. The Morgan fingerprint density at radius 3 is 2.31 bits per heavy atom. The van der Waals surface area contributed by atoms with Gasteiger partial charge in [0.25, 0.3) is 0 Å². The predicted molar refractivity (Wildman–Crippen MR) is 141 cm³/mol. The topological polar surface area (TPSA) is 55.9 Å². The molecule has 5 nitrogen and oxygen atoms in total. The number of nitrogens with zero attached hydrogens (tertiary/aromatic N) is 1. The zero-order chi connectivity index (χ0) is 24.2. The van der Waals surface area contributed by atoms with E-state index in [1.165, 1.54) is 0 Å². The van der Waals surface area contributed by atoms with E-state index >= 15 is 0 Å². The van der Waals surface area contributed by atoms with Crippen LogP contribution in [0.2, 0.25) is 0 Å². The summed E-state index contributed by atoms with van der Waals surface area (Å²) in [5, 5.41) is 11.8. The summed E-state index contributed by atoms with van der Waals surface area (Å²) >= 11 is 5.21. The van der Waals surface area contributed by atoms with Crippen LogP contribution in [0.15, 0.2) is 76.1 Å². The highest BCUT2D eigenvalue weighted by Crippen LogP contribution is 2.42. The predicted octanol–water partition coefficient (Wildman–Crippen LogP) is 2.22. The van der Waals surface area contributed by atoms with Crippen molar-refractivity contribution in [2.75, 3.05) is 20.7 Å². The molecule has 4 rings (SSSR count). The van der Waals surface area contributed by atoms with Gasteiger partial charge < -0.3 is 31.7 Å². The van der Waals surface area contributed by atoms with Gasteiger partial charge in [-0.15, -0.1) is 11.8 Å². The number of nitrogens with one attached hydrogen (secondary N) is 1. The molecule has 0 saturated carbocycles. The molecular formula is C27H28BrClN2O3S. The molecule has 8 heteroatoms. The molecule has 184 valence electrons. The molecule has 0 unspecified atom stereocenters. The maximum atomic E-state index is 13.4. The van der Waals surface area contributed by atoms with Crippen molar-refractivity contribution in [2.45, 2.75) is 24.1 Å². The first-order valence-electron chi connectivity index (χ1n) is 11.2. The van der Waals surface area contributed by atoms with Gasteiger partial charge in [0, 0.05) is 27.4 Å². The van der Waals surface area contributed by atoms with E-state index in [0.29, 0.717) is 22.3 Å². The van der Waals surface area contributed by atoms with Crippen LogP contribution in [-0.4, -0.2) is 36.3 Å². The van der Waals surface area contributed by atoms with Gasteiger partial charge in [0.05, 0.1) is 41.8 Å². The van der Waals surface area contributed by atoms with E-state index in [4.69, 9.17) is 4.74 Å². The number of rotatable bonds is 8. The lowest BCUT2D eigenvalue weighted by molar-refractivity contribution is -0.872. The highest BCUT2D eigenvalue weighted by atomic mass is 79.9. The number of fused-ring (bicyclic) bond motifs is 1. The summed E-state index contributed by atoms with van der Waals surface area (Å²) < 4.78 is 8.27. The summed E-state index contributed by atoms with van der Waals surface area (Å²) in [6, 6.07) is 22.0. The Hall–Kier alpha value is -2.45. The average molecular weight is 576 g/mol. The molecule has 4 aromatic rings. The summed E-state index contributed by atoms with van der Waals surface area (Å²) in [5.41, 5.74) is 3.91. The van der Waals surface area contributed by atoms with Crippen LogP contribution < -0.4 is 17.3 Å². The van der Waals surface area contributed by atoms with Crippen molar-refractivity contribution in [2.24, 2.45) is 0 Å². The second-order valence-corrected chi connectivity index (χ2v) is 10.2. The highest BCUT2D eigenvalue weighted by molar-refractivity contribution is 9.10. The molecule has 1 aromatic heterocycles. The van der Waals surface area contributed by atoms with Crippen LogP contribution in [0.3, 0.4) is 0 Å². The van der Waals surface area contributed by atoms with Crippen molar-refractivity contribution in [3.63, 3.8) is 0 Å². The van der Waals surface area contributed by atoms with Gasteiger partial charge in [-0.3, -0.25) is 0 Å². The lowest BCUT2D eigenvalue weighted by Crippen LogP contribution is -3.04. The Morgan fingerprint density at radius 1 is 1.09 bits per heavy atom. The number of phenols is 1. The minimum Gasteiger partial charge on any atom is -1.00 e. The van der Waals surface area contributed by atoms with Crippen LogP contribution in [0.4, 0.5) is 0 Å². The number of aromatic hydroxyl groups is 1. The molecule has 0 aliphatic heterocycles. The molecule has 2 N–H and O–H groups in total. The maximum absolute atomic E-state index is 13.4. The van der Waals surface area contributed by atoms with Gasteiger partial charge in [0.1, 0.15) is 12.3 Å². The number of aromatic nitrogens is 1. The Balaban J connectivity index is 0.00000342. The van der Waals surface area contributed by atoms with Gasteiger partial charge in [0.2, 0.25) is 0 Å². The third kappa shape index (κ3) is 5.70. The van der Waals surface area contributed by atoms with Gasteiger partial charge in [-0.05, 0) is 53.2 Å². The zero-order valence-electron chi connectivity index (χ0n) is 19.8. The van der Waals surface area contributed by atoms with Crippen molar-refractivity contribution in [3.05, 3.63) is 88.0 Å². The number of phenolic OH excluding ortho intramolecular Hbond substituents is 1. The number of thioether (sulfide) groups is 1. The number of carbonyl (C=O) groups is 1. The van der Waals surface area contributed by atoms with Crippen LogP contribution in [0, 0.1) is 0 Å². The molecule has 0 atom stereocenters. The molecule has 0 saturated heterocycles. The van der Waals surface area contributed by atoms with Crippen molar-refractivity contribution >= 4 is 44.6 Å². The lowest BCUT2D eigenvalue weighted by Gasteiger charge is -2.14. The van der Waals surface area contributed by atoms with Gasteiger partial charge in [0.15, 0.2) is 0 Å². The average Bonchev–Trinajstić information content (AvgIpc) is 3.15. The van der Waals surface area contributed by atoms with Crippen LogP contribution in [0.25, 0.3) is 16.6 Å². The van der Waals surface area contributed by atoms with E-state index in [1.54, 1.807) is 11.8 Å². The number of quaternary nitrogens is 1. The monoisotopic (exact) mass is 574 g/mol. The Kier molecular flexibility index (Phi) is 9.30. The van der Waals surface area contributed by atoms with Crippen molar-refractivity contribution in [1.29, 1.82) is 0 Å². The van der Waals surface area contributed by atoms with E-state index in [-0.39, 0.29) is 30.7 Å². The van der Waals surface area contributed by atoms with Crippen LogP contribution in [-0.2, 0) is 17.0 Å². The van der Waals surface area contributed by atoms with Gasteiger partial charge in [-0.2, -0.15) is 0 Å². The van der Waals surface area contributed by atoms with Crippen molar-refractivity contribution in [3.8, 4) is 11.4 Å². The number of carbonyl (C=O) groups excluding carboxylic acids is 1. The fraction of sp³-hybridized carbons (Fsp3) is 0.222. The van der Waals surface area contributed by atoms with Crippen LogP contribution in [0.1, 0.15) is 28.5 Å². The molecule has 0 fully saturated rings. The first-order valence-corrected chi connectivity index (χ1v) is 13.0. The number of hydrogen-bond donors (Lipinski definition) is 2. The number of benzene rings is 3. The standard InChI is InChI=1S/C27H27BrN2O3S.ClH/c1-4-33-27(32)25-23(17-34-19-13-9-6-10-14-19)30(18-11-7-5-8-12-18)22-15-21(28)26(31)20(24(22)25)16-29(2)3;/h5-15,31H,4,16-17H2,1-3H3;1H. The maximum Gasteiger partial charge on any atom is 0.340 e.